The van der Waals surface area contributed by atoms with Crippen LogP contribution in [-0.2, 0) is 27.4 Å². The minimum Gasteiger partial charge on any atom is -0.379 e. The van der Waals surface area contributed by atoms with Gasteiger partial charge in [-0.2, -0.15) is 0 Å². The normalized spacial score (nSPS) is 12.0. The molecule has 22 heavy (non-hydrogen) atoms. The summed E-state index contributed by atoms with van der Waals surface area (Å²) in [5.41, 5.74) is 1.19. The zero-order valence-corrected chi connectivity index (χ0v) is 14.5. The van der Waals surface area contributed by atoms with Gasteiger partial charge in [-0.25, -0.2) is 0 Å². The summed E-state index contributed by atoms with van der Waals surface area (Å²) in [5.74, 6) is 0. The molecule has 6 heteroatoms. The largest absolute Gasteiger partial charge is 0.379 e. The van der Waals surface area contributed by atoms with E-state index in [9.17, 15) is 0 Å². The van der Waals surface area contributed by atoms with Gasteiger partial charge >= 0.3 is 0 Å². The third-order valence-corrected chi connectivity index (χ3v) is 3.03. The lowest BCUT2D eigenvalue weighted by molar-refractivity contribution is 0.00639. The van der Waals surface area contributed by atoms with Crippen LogP contribution in [0.25, 0.3) is 0 Å². The Hall–Kier alpha value is -0.980. The van der Waals surface area contributed by atoms with Gasteiger partial charge in [0.1, 0.15) is 5.69 Å². The van der Waals surface area contributed by atoms with Gasteiger partial charge in [-0.15, -0.1) is 5.10 Å². The van der Waals surface area contributed by atoms with Crippen LogP contribution < -0.4 is 0 Å². The summed E-state index contributed by atoms with van der Waals surface area (Å²) < 4.78 is 18.3. The average molecular weight is 313 g/mol. The summed E-state index contributed by atoms with van der Waals surface area (Å²) in [4.78, 5) is 0. The Morgan fingerprint density at radius 2 is 1.64 bits per heavy atom. The van der Waals surface area contributed by atoms with E-state index in [1.807, 2.05) is 10.9 Å². The van der Waals surface area contributed by atoms with Crippen molar-refractivity contribution in [1.29, 1.82) is 0 Å². The van der Waals surface area contributed by atoms with Crippen molar-refractivity contribution < 1.29 is 14.2 Å². The van der Waals surface area contributed by atoms with Crippen LogP contribution in [-0.4, -0.2) is 48.0 Å². The zero-order valence-electron chi connectivity index (χ0n) is 14.5. The van der Waals surface area contributed by atoms with Gasteiger partial charge < -0.3 is 14.2 Å². The first-order valence-corrected chi connectivity index (χ1v) is 8.13. The van der Waals surface area contributed by atoms with E-state index < -0.39 is 0 Å². The summed E-state index contributed by atoms with van der Waals surface area (Å²) in [6.07, 6.45) is 4.04. The molecule has 0 aliphatic carbocycles. The van der Waals surface area contributed by atoms with Crippen LogP contribution in [0.4, 0.5) is 0 Å². The van der Waals surface area contributed by atoms with Crippen LogP contribution in [0.15, 0.2) is 6.20 Å². The molecule has 0 fully saturated rings. The fourth-order valence-corrected chi connectivity index (χ4v) is 1.74. The van der Waals surface area contributed by atoms with Crippen LogP contribution in [0.1, 0.15) is 46.2 Å². The Morgan fingerprint density at radius 1 is 1.00 bits per heavy atom. The van der Waals surface area contributed by atoms with Crippen LogP contribution in [0.2, 0.25) is 0 Å². The van der Waals surface area contributed by atoms with Crippen molar-refractivity contribution in [2.45, 2.75) is 53.7 Å². The molecule has 1 aromatic rings. The molecule has 0 saturated heterocycles. The van der Waals surface area contributed by atoms with Crippen molar-refractivity contribution >= 4 is 0 Å². The summed E-state index contributed by atoms with van der Waals surface area (Å²) in [6.45, 7) is 13.3. The highest BCUT2D eigenvalue weighted by atomic mass is 16.5. The van der Waals surface area contributed by atoms with Gasteiger partial charge in [0.15, 0.2) is 0 Å². The Labute approximate surface area is 134 Å². The topological polar surface area (TPSA) is 58.4 Å². The van der Waals surface area contributed by atoms with E-state index >= 15 is 0 Å². The van der Waals surface area contributed by atoms with E-state index in [4.69, 9.17) is 14.2 Å². The molecule has 0 aliphatic heterocycles. The first-order valence-electron chi connectivity index (χ1n) is 8.13. The van der Waals surface area contributed by atoms with E-state index in [2.05, 4.69) is 38.0 Å². The van der Waals surface area contributed by atoms with Crippen molar-refractivity contribution in [3.63, 3.8) is 0 Å². The molecule has 0 N–H and O–H groups in total. The lowest BCUT2D eigenvalue weighted by Crippen LogP contribution is -2.13. The molecular weight excluding hydrogens is 282 g/mol. The smallest absolute Gasteiger partial charge is 0.108 e. The van der Waals surface area contributed by atoms with Gasteiger partial charge in [0, 0.05) is 13.2 Å². The highest BCUT2D eigenvalue weighted by Gasteiger charge is 2.08. The van der Waals surface area contributed by atoms with Crippen LogP contribution in [0.3, 0.4) is 0 Å². The molecule has 128 valence electrons. The summed E-state index contributed by atoms with van der Waals surface area (Å²) in [7, 11) is 0. The van der Waals surface area contributed by atoms with E-state index in [-0.39, 0.29) is 0 Å². The van der Waals surface area contributed by atoms with Crippen molar-refractivity contribution in [3.05, 3.63) is 11.9 Å². The third kappa shape index (κ3) is 9.87. The van der Waals surface area contributed by atoms with Crippen molar-refractivity contribution in [2.75, 3.05) is 33.0 Å². The number of aromatic nitrogens is 3. The third-order valence-electron chi connectivity index (χ3n) is 3.03. The van der Waals surface area contributed by atoms with Crippen molar-refractivity contribution in [3.8, 4) is 0 Å². The molecule has 0 atom stereocenters. The number of aryl methyl sites for hydroxylation is 1. The van der Waals surface area contributed by atoms with E-state index in [0.29, 0.717) is 38.4 Å². The van der Waals surface area contributed by atoms with Gasteiger partial charge in [-0.1, -0.05) is 32.9 Å². The minimum absolute atomic E-state index is 0.327. The molecule has 0 aliphatic rings. The van der Waals surface area contributed by atoms with Crippen molar-refractivity contribution in [1.82, 2.24) is 15.0 Å². The summed E-state index contributed by atoms with van der Waals surface area (Å²) in [6, 6.07) is 0. The molecule has 1 heterocycles. The average Bonchev–Trinajstić information content (AvgIpc) is 2.88. The molecule has 0 radical (unpaired) electrons. The fourth-order valence-electron chi connectivity index (χ4n) is 1.74. The molecular formula is C16H31N3O3. The fraction of sp³-hybridized carbons (Fsp3) is 0.875. The molecule has 0 saturated carbocycles. The van der Waals surface area contributed by atoms with Gasteiger partial charge in [0.05, 0.1) is 39.2 Å². The standard InChI is InChI=1S/C16H31N3O3/c1-5-7-19-13-15(17-18-19)14-22-12-11-21-10-9-20-8-6-16(2,3)4/h13H,5-12,14H2,1-4H3. The molecule has 0 unspecified atom stereocenters. The predicted molar refractivity (Wildman–Crippen MR) is 85.7 cm³/mol. The Kier molecular flexibility index (Phi) is 9.27. The minimum atomic E-state index is 0.327. The van der Waals surface area contributed by atoms with E-state index in [1.54, 1.807) is 0 Å². The SMILES string of the molecule is CCCn1cc(COCCOCCOCCC(C)(C)C)nn1. The van der Waals surface area contributed by atoms with Gasteiger partial charge in [0.25, 0.3) is 0 Å². The molecule has 0 spiro atoms. The second kappa shape index (κ2) is 10.7. The van der Waals surface area contributed by atoms with Crippen molar-refractivity contribution in [2.24, 2.45) is 5.41 Å². The molecule has 0 aromatic carbocycles. The monoisotopic (exact) mass is 313 g/mol. The molecule has 6 nitrogen and oxygen atoms in total. The lowest BCUT2D eigenvalue weighted by Gasteiger charge is -2.17. The molecule has 1 aromatic heterocycles. The van der Waals surface area contributed by atoms with Crippen LogP contribution in [0.5, 0.6) is 0 Å². The Bertz CT molecular complexity index is 388. The second-order valence-corrected chi connectivity index (χ2v) is 6.56. The van der Waals surface area contributed by atoms with Crippen LogP contribution in [0, 0.1) is 5.41 Å². The van der Waals surface area contributed by atoms with Crippen LogP contribution >= 0.6 is 0 Å². The zero-order chi connectivity index (χ0) is 16.3. The summed E-state index contributed by atoms with van der Waals surface area (Å²) in [5, 5.41) is 8.07. The number of ether oxygens (including phenoxy) is 3. The molecule has 0 bridgehead atoms. The number of rotatable bonds is 12. The first kappa shape index (κ1) is 19.1. The molecule has 0 amide bonds. The Morgan fingerprint density at radius 3 is 2.27 bits per heavy atom. The van der Waals surface area contributed by atoms with E-state index in [0.717, 1.165) is 31.7 Å². The van der Waals surface area contributed by atoms with E-state index in [1.165, 1.54) is 0 Å². The maximum Gasteiger partial charge on any atom is 0.108 e. The highest BCUT2D eigenvalue weighted by molar-refractivity contribution is 4.89. The maximum absolute atomic E-state index is 5.52. The number of nitrogens with zero attached hydrogens (tertiary/aromatic N) is 3. The lowest BCUT2D eigenvalue weighted by atomic mass is 9.93. The maximum atomic E-state index is 5.52. The van der Waals surface area contributed by atoms with Gasteiger partial charge in [0.2, 0.25) is 0 Å². The first-order chi connectivity index (χ1) is 10.5. The quantitative estimate of drug-likeness (QED) is 0.555. The van der Waals surface area contributed by atoms with Gasteiger partial charge in [-0.05, 0) is 18.3 Å². The number of hydrogen-bond acceptors (Lipinski definition) is 5. The Balaban J connectivity index is 1.89. The summed E-state index contributed by atoms with van der Waals surface area (Å²) >= 11 is 0. The number of hydrogen-bond donors (Lipinski definition) is 0. The molecule has 1 rings (SSSR count). The van der Waals surface area contributed by atoms with Gasteiger partial charge in [-0.3, -0.25) is 4.68 Å². The highest BCUT2D eigenvalue weighted by Crippen LogP contribution is 2.17. The predicted octanol–water partition coefficient (Wildman–Crippen LogP) is 2.67. The second-order valence-electron chi connectivity index (χ2n) is 6.56.